The lowest BCUT2D eigenvalue weighted by Gasteiger charge is -2.27. The first-order chi connectivity index (χ1) is 7.84. The quantitative estimate of drug-likeness (QED) is 0.694. The number of hydrogen-bond donors (Lipinski definition) is 2. The molecule has 0 radical (unpaired) electrons. The van der Waals surface area contributed by atoms with Crippen LogP contribution in [-0.2, 0) is 0 Å². The normalized spacial score (nSPS) is 32.1. The highest BCUT2D eigenvalue weighted by molar-refractivity contribution is 4.79. The van der Waals surface area contributed by atoms with Gasteiger partial charge in [-0.2, -0.15) is 0 Å². The number of rotatable bonds is 5. The van der Waals surface area contributed by atoms with Crippen LogP contribution in [0.2, 0.25) is 0 Å². The summed E-state index contributed by atoms with van der Waals surface area (Å²) in [5.74, 6) is 0. The van der Waals surface area contributed by atoms with E-state index < -0.39 is 0 Å². The van der Waals surface area contributed by atoms with Crippen molar-refractivity contribution >= 4 is 0 Å². The predicted octanol–water partition coefficient (Wildman–Crippen LogP) is 1.33. The molecule has 0 spiro atoms. The molecule has 0 aromatic heterocycles. The van der Waals surface area contributed by atoms with Gasteiger partial charge >= 0.3 is 0 Å². The molecule has 1 saturated heterocycles. The van der Waals surface area contributed by atoms with Crippen molar-refractivity contribution in [1.82, 2.24) is 10.2 Å². The Bertz CT molecular complexity index is 190. The second kappa shape index (κ2) is 6.58. The fourth-order valence-electron chi connectivity index (χ4n) is 3.03. The predicted molar refractivity (Wildman–Crippen MR) is 68.5 cm³/mol. The van der Waals surface area contributed by atoms with Crippen LogP contribution in [0.4, 0.5) is 0 Å². The first kappa shape index (κ1) is 12.3. The maximum Gasteiger partial charge on any atom is 0.00818 e. The summed E-state index contributed by atoms with van der Waals surface area (Å²) in [6, 6.07) is 1.15. The minimum Gasteiger partial charge on any atom is -0.328 e. The second-order valence-corrected chi connectivity index (χ2v) is 5.48. The maximum atomic E-state index is 5.98. The van der Waals surface area contributed by atoms with E-state index in [0.717, 1.165) is 0 Å². The molecule has 1 aliphatic heterocycles. The van der Waals surface area contributed by atoms with E-state index in [9.17, 15) is 0 Å². The van der Waals surface area contributed by atoms with Gasteiger partial charge in [0, 0.05) is 12.1 Å². The molecule has 3 nitrogen and oxygen atoms in total. The molecule has 3 N–H and O–H groups in total. The van der Waals surface area contributed by atoms with Gasteiger partial charge in [-0.1, -0.05) is 6.42 Å². The topological polar surface area (TPSA) is 41.3 Å². The van der Waals surface area contributed by atoms with Gasteiger partial charge in [-0.3, -0.25) is 0 Å². The lowest BCUT2D eigenvalue weighted by atomic mass is 9.91. The molecule has 94 valence electrons. The van der Waals surface area contributed by atoms with Crippen molar-refractivity contribution < 1.29 is 0 Å². The van der Waals surface area contributed by atoms with E-state index in [-0.39, 0.29) is 0 Å². The van der Waals surface area contributed by atoms with Crippen molar-refractivity contribution in [3.05, 3.63) is 0 Å². The fourth-order valence-corrected chi connectivity index (χ4v) is 3.03. The lowest BCUT2D eigenvalue weighted by Crippen LogP contribution is -2.40. The van der Waals surface area contributed by atoms with Crippen molar-refractivity contribution in [2.75, 3.05) is 26.2 Å². The van der Waals surface area contributed by atoms with Crippen LogP contribution in [0.3, 0.4) is 0 Å². The number of nitrogens with zero attached hydrogens (tertiary/aromatic N) is 1. The number of nitrogens with two attached hydrogens (primary N) is 1. The zero-order chi connectivity index (χ0) is 11.2. The highest BCUT2D eigenvalue weighted by atomic mass is 15.1. The lowest BCUT2D eigenvalue weighted by molar-refractivity contribution is 0.308. The molecule has 1 heterocycles. The Balaban J connectivity index is 1.50. The largest absolute Gasteiger partial charge is 0.328 e. The first-order valence-corrected chi connectivity index (χ1v) is 7.06. The zero-order valence-electron chi connectivity index (χ0n) is 10.5. The second-order valence-electron chi connectivity index (χ2n) is 5.48. The summed E-state index contributed by atoms with van der Waals surface area (Å²) in [7, 11) is 0. The van der Waals surface area contributed by atoms with E-state index in [4.69, 9.17) is 5.73 Å². The molecule has 1 saturated carbocycles. The van der Waals surface area contributed by atoms with Crippen LogP contribution in [0.25, 0.3) is 0 Å². The van der Waals surface area contributed by atoms with Crippen LogP contribution in [0.15, 0.2) is 0 Å². The smallest absolute Gasteiger partial charge is 0.00818 e. The Morgan fingerprint density at radius 2 is 1.94 bits per heavy atom. The molecule has 0 aromatic rings. The van der Waals surface area contributed by atoms with E-state index in [1.807, 2.05) is 0 Å². The van der Waals surface area contributed by atoms with Crippen molar-refractivity contribution in [1.29, 1.82) is 0 Å². The van der Waals surface area contributed by atoms with Crippen molar-refractivity contribution in [2.45, 2.75) is 57.0 Å². The molecular weight excluding hydrogens is 198 g/mol. The van der Waals surface area contributed by atoms with E-state index in [1.54, 1.807) is 0 Å². The molecule has 1 aliphatic carbocycles. The van der Waals surface area contributed by atoms with Crippen LogP contribution in [0.1, 0.15) is 44.9 Å². The Morgan fingerprint density at radius 1 is 1.12 bits per heavy atom. The maximum absolute atomic E-state index is 5.98. The number of nitrogens with one attached hydrogen (secondary N) is 1. The summed E-state index contributed by atoms with van der Waals surface area (Å²) < 4.78 is 0. The van der Waals surface area contributed by atoms with Crippen LogP contribution < -0.4 is 11.1 Å². The Kier molecular flexibility index (Phi) is 5.07. The molecular formula is C13H27N3. The van der Waals surface area contributed by atoms with Crippen LogP contribution in [0.5, 0.6) is 0 Å². The van der Waals surface area contributed by atoms with Crippen LogP contribution in [-0.4, -0.2) is 43.2 Å². The molecule has 0 amide bonds. The average Bonchev–Trinajstić information content (AvgIpc) is 2.77. The summed E-state index contributed by atoms with van der Waals surface area (Å²) in [6.45, 7) is 5.11. The van der Waals surface area contributed by atoms with Gasteiger partial charge in [-0.05, 0) is 64.7 Å². The first-order valence-electron chi connectivity index (χ1n) is 7.06. The molecule has 0 aromatic carbocycles. The van der Waals surface area contributed by atoms with Gasteiger partial charge in [-0.15, -0.1) is 0 Å². The van der Waals surface area contributed by atoms with Crippen molar-refractivity contribution in [3.8, 4) is 0 Å². The molecule has 2 rings (SSSR count). The van der Waals surface area contributed by atoms with Gasteiger partial charge in [0.25, 0.3) is 0 Å². The molecule has 3 heteroatoms. The summed E-state index contributed by atoms with van der Waals surface area (Å²) >= 11 is 0. The van der Waals surface area contributed by atoms with Gasteiger partial charge in [0.2, 0.25) is 0 Å². The van der Waals surface area contributed by atoms with Gasteiger partial charge < -0.3 is 16.0 Å². The molecule has 2 fully saturated rings. The monoisotopic (exact) mass is 225 g/mol. The Labute approximate surface area is 99.8 Å². The SMILES string of the molecule is NC1CCCC(NCCCN2CCCC2)C1. The minimum atomic E-state index is 0.449. The van der Waals surface area contributed by atoms with Gasteiger partial charge in [-0.25, -0.2) is 0 Å². The summed E-state index contributed by atoms with van der Waals surface area (Å²) in [5.41, 5.74) is 5.98. The van der Waals surface area contributed by atoms with Crippen LogP contribution >= 0.6 is 0 Å². The standard InChI is InChI=1S/C13H27N3/c14-12-5-3-6-13(11-12)15-7-4-10-16-8-1-2-9-16/h12-13,15H,1-11,14H2. The zero-order valence-corrected chi connectivity index (χ0v) is 10.5. The van der Waals surface area contributed by atoms with Crippen molar-refractivity contribution in [2.24, 2.45) is 5.73 Å². The third kappa shape index (κ3) is 4.04. The van der Waals surface area contributed by atoms with E-state index in [1.165, 1.54) is 71.1 Å². The average molecular weight is 225 g/mol. The summed E-state index contributed by atoms with van der Waals surface area (Å²) in [5, 5.41) is 3.67. The highest BCUT2D eigenvalue weighted by Gasteiger charge is 2.18. The third-order valence-corrected chi connectivity index (χ3v) is 4.00. The Hall–Kier alpha value is -0.120. The van der Waals surface area contributed by atoms with Gasteiger partial charge in [0.1, 0.15) is 0 Å². The van der Waals surface area contributed by atoms with Crippen LogP contribution in [0, 0.1) is 0 Å². The minimum absolute atomic E-state index is 0.449. The van der Waals surface area contributed by atoms with E-state index in [2.05, 4.69) is 10.2 Å². The third-order valence-electron chi connectivity index (χ3n) is 4.00. The van der Waals surface area contributed by atoms with E-state index in [0.29, 0.717) is 12.1 Å². The molecule has 0 bridgehead atoms. The molecule has 2 aliphatic rings. The number of hydrogen-bond acceptors (Lipinski definition) is 3. The van der Waals surface area contributed by atoms with E-state index >= 15 is 0 Å². The molecule has 2 atom stereocenters. The summed E-state index contributed by atoms with van der Waals surface area (Å²) in [4.78, 5) is 2.59. The highest BCUT2D eigenvalue weighted by Crippen LogP contribution is 2.16. The van der Waals surface area contributed by atoms with Crippen molar-refractivity contribution in [3.63, 3.8) is 0 Å². The number of likely N-dealkylation sites (tertiary alicyclic amines) is 1. The summed E-state index contributed by atoms with van der Waals surface area (Å²) in [6.07, 6.45) is 9.17. The van der Waals surface area contributed by atoms with Gasteiger partial charge in [0.05, 0.1) is 0 Å². The molecule has 16 heavy (non-hydrogen) atoms. The Morgan fingerprint density at radius 3 is 2.69 bits per heavy atom. The molecule has 2 unspecified atom stereocenters. The fraction of sp³-hybridized carbons (Fsp3) is 1.00. The van der Waals surface area contributed by atoms with Gasteiger partial charge in [0.15, 0.2) is 0 Å².